The van der Waals surface area contributed by atoms with E-state index in [1.807, 2.05) is 13.0 Å². The number of aromatic nitrogens is 3. The minimum atomic E-state index is -0.864. The van der Waals surface area contributed by atoms with Gasteiger partial charge in [-0.25, -0.2) is 13.8 Å². The molecule has 0 radical (unpaired) electrons. The summed E-state index contributed by atoms with van der Waals surface area (Å²) in [5, 5.41) is 13.2. The highest BCUT2D eigenvalue weighted by molar-refractivity contribution is 5.94. The third-order valence-corrected chi connectivity index (χ3v) is 5.40. The van der Waals surface area contributed by atoms with Crippen molar-refractivity contribution >= 4 is 22.4 Å². The van der Waals surface area contributed by atoms with E-state index >= 15 is 0 Å². The Morgan fingerprint density at radius 1 is 1.18 bits per heavy atom. The lowest BCUT2D eigenvalue weighted by atomic mass is 9.99. The molecule has 2 aromatic heterocycles. The minimum absolute atomic E-state index is 0.107. The Labute approximate surface area is 160 Å². The number of rotatable bonds is 4. The average molecular weight is 383 g/mol. The molecule has 1 aromatic carbocycles. The fourth-order valence-corrected chi connectivity index (χ4v) is 3.87. The third-order valence-electron chi connectivity index (χ3n) is 5.40. The molecule has 2 bridgehead atoms. The van der Waals surface area contributed by atoms with Crippen molar-refractivity contribution in [1.82, 2.24) is 15.2 Å². The highest BCUT2D eigenvalue weighted by Gasteiger charge is 2.38. The smallest absolute Gasteiger partial charge is 0.163 e. The van der Waals surface area contributed by atoms with Crippen LogP contribution in [0.5, 0.6) is 0 Å². The van der Waals surface area contributed by atoms with E-state index in [-0.39, 0.29) is 24.3 Å². The Hall–Kier alpha value is -2.87. The summed E-state index contributed by atoms with van der Waals surface area (Å²) in [5.74, 6) is -0.338. The van der Waals surface area contributed by atoms with Crippen LogP contribution in [0, 0.1) is 18.6 Å². The summed E-state index contributed by atoms with van der Waals surface area (Å²) in [4.78, 5) is 6.81. The number of nitrogens with one attached hydrogen (secondary N) is 1. The minimum Gasteiger partial charge on any atom is -0.371 e. The number of benzene rings is 1. The van der Waals surface area contributed by atoms with Crippen molar-refractivity contribution in [3.8, 4) is 0 Å². The van der Waals surface area contributed by atoms with Gasteiger partial charge in [-0.05, 0) is 19.1 Å². The second kappa shape index (κ2) is 6.63. The summed E-state index contributed by atoms with van der Waals surface area (Å²) in [5.41, 5.74) is 0.999. The molecule has 0 aliphatic carbocycles. The molecule has 6 nitrogen and oxygen atoms in total. The topological polar surface area (TPSA) is 63.2 Å². The molecule has 28 heavy (non-hydrogen) atoms. The Balaban J connectivity index is 1.46. The zero-order valence-electron chi connectivity index (χ0n) is 15.3. The first-order chi connectivity index (χ1) is 13.6. The van der Waals surface area contributed by atoms with Crippen LogP contribution in [-0.4, -0.2) is 40.5 Å². The van der Waals surface area contributed by atoms with Gasteiger partial charge in [-0.3, -0.25) is 0 Å². The first kappa shape index (κ1) is 17.2. The Bertz CT molecular complexity index is 1040. The fourth-order valence-electron chi connectivity index (χ4n) is 3.87. The van der Waals surface area contributed by atoms with Gasteiger partial charge in [-0.2, -0.15) is 5.10 Å². The number of piperidine rings is 1. The van der Waals surface area contributed by atoms with Crippen LogP contribution in [0.15, 0.2) is 30.5 Å². The SMILES string of the molecule is Cc1nnc(NCc2cccc(F)c2F)c2cc(N3CC4CC(C3)O4)ncc12. The molecule has 3 saturated heterocycles. The van der Waals surface area contributed by atoms with Crippen molar-refractivity contribution in [2.75, 3.05) is 23.3 Å². The molecule has 3 aliphatic rings. The van der Waals surface area contributed by atoms with E-state index in [1.54, 1.807) is 12.3 Å². The molecule has 3 fully saturated rings. The maximum Gasteiger partial charge on any atom is 0.163 e. The normalized spacial score (nSPS) is 20.9. The molecule has 8 heteroatoms. The molecule has 5 heterocycles. The van der Waals surface area contributed by atoms with E-state index in [0.717, 1.165) is 47.9 Å². The van der Waals surface area contributed by atoms with Crippen molar-refractivity contribution in [1.29, 1.82) is 0 Å². The summed E-state index contributed by atoms with van der Waals surface area (Å²) in [6.07, 6.45) is 3.47. The molecule has 0 spiro atoms. The lowest BCUT2D eigenvalue weighted by Crippen LogP contribution is -2.57. The molecular weight excluding hydrogens is 364 g/mol. The number of fused-ring (bicyclic) bond motifs is 3. The number of hydrogen-bond donors (Lipinski definition) is 1. The fraction of sp³-hybridized carbons (Fsp3) is 0.350. The van der Waals surface area contributed by atoms with Gasteiger partial charge in [0, 0.05) is 48.6 Å². The first-order valence-electron chi connectivity index (χ1n) is 9.28. The van der Waals surface area contributed by atoms with Gasteiger partial charge in [0.05, 0.1) is 17.9 Å². The van der Waals surface area contributed by atoms with Crippen molar-refractivity contribution in [3.05, 3.63) is 53.4 Å². The first-order valence-corrected chi connectivity index (χ1v) is 9.28. The summed E-state index contributed by atoms with van der Waals surface area (Å²) in [6.45, 7) is 3.62. The molecule has 3 aliphatic heterocycles. The van der Waals surface area contributed by atoms with Crippen LogP contribution < -0.4 is 10.2 Å². The maximum atomic E-state index is 14.0. The van der Waals surface area contributed by atoms with Crippen LogP contribution >= 0.6 is 0 Å². The van der Waals surface area contributed by atoms with E-state index in [1.165, 1.54) is 6.07 Å². The monoisotopic (exact) mass is 383 g/mol. The number of ether oxygens (including phenoxy) is 1. The standard InChI is InChI=1S/C20H19F2N5O/c1-11-16-8-23-18(27-9-13-5-14(10-27)28-13)6-15(16)20(26-25-11)24-7-12-3-2-4-17(21)19(12)22/h2-4,6,8,13-14H,5,7,9-10H2,1H3,(H,24,26). The van der Waals surface area contributed by atoms with Gasteiger partial charge in [-0.1, -0.05) is 12.1 Å². The van der Waals surface area contributed by atoms with Crippen LogP contribution in [-0.2, 0) is 11.3 Å². The van der Waals surface area contributed by atoms with Crippen LogP contribution in [0.3, 0.4) is 0 Å². The number of anilines is 2. The summed E-state index contributed by atoms with van der Waals surface area (Å²) < 4.78 is 33.1. The van der Waals surface area contributed by atoms with Crippen LogP contribution in [0.25, 0.3) is 10.8 Å². The molecule has 0 saturated carbocycles. The van der Waals surface area contributed by atoms with E-state index in [4.69, 9.17) is 4.74 Å². The molecule has 0 amide bonds. The molecule has 3 aromatic rings. The average Bonchev–Trinajstić information content (AvgIpc) is 2.70. The highest BCUT2D eigenvalue weighted by atomic mass is 19.2. The number of halogens is 2. The summed E-state index contributed by atoms with van der Waals surface area (Å²) >= 11 is 0. The maximum absolute atomic E-state index is 14.0. The molecule has 2 atom stereocenters. The lowest BCUT2D eigenvalue weighted by Gasteiger charge is -2.47. The van der Waals surface area contributed by atoms with Gasteiger partial charge in [0.2, 0.25) is 0 Å². The summed E-state index contributed by atoms with van der Waals surface area (Å²) in [6, 6.07) is 6.11. The van der Waals surface area contributed by atoms with Crippen LogP contribution in [0.2, 0.25) is 0 Å². The summed E-state index contributed by atoms with van der Waals surface area (Å²) in [7, 11) is 0. The molecule has 2 unspecified atom stereocenters. The van der Waals surface area contributed by atoms with Gasteiger partial charge < -0.3 is 15.0 Å². The zero-order valence-corrected chi connectivity index (χ0v) is 15.3. The van der Waals surface area contributed by atoms with Crippen molar-refractivity contribution in [3.63, 3.8) is 0 Å². The Kier molecular flexibility index (Phi) is 4.08. The van der Waals surface area contributed by atoms with Crippen LogP contribution in [0.1, 0.15) is 17.7 Å². The second-order valence-electron chi connectivity index (χ2n) is 7.31. The van der Waals surface area contributed by atoms with E-state index < -0.39 is 11.6 Å². The van der Waals surface area contributed by atoms with Crippen molar-refractivity contribution in [2.24, 2.45) is 0 Å². The highest BCUT2D eigenvalue weighted by Crippen LogP contribution is 2.33. The predicted molar refractivity (Wildman–Crippen MR) is 101 cm³/mol. The van der Waals surface area contributed by atoms with Gasteiger partial charge in [-0.15, -0.1) is 5.10 Å². The number of morpholine rings is 1. The molecule has 144 valence electrons. The second-order valence-corrected chi connectivity index (χ2v) is 7.31. The van der Waals surface area contributed by atoms with Gasteiger partial charge in [0.25, 0.3) is 0 Å². The van der Waals surface area contributed by atoms with E-state index in [2.05, 4.69) is 25.4 Å². The van der Waals surface area contributed by atoms with Gasteiger partial charge >= 0.3 is 0 Å². The number of nitrogens with zero attached hydrogens (tertiary/aromatic N) is 4. The van der Waals surface area contributed by atoms with E-state index in [9.17, 15) is 8.78 Å². The van der Waals surface area contributed by atoms with E-state index in [0.29, 0.717) is 5.82 Å². The lowest BCUT2D eigenvalue weighted by molar-refractivity contribution is -0.133. The quantitative estimate of drug-likeness (QED) is 0.747. The van der Waals surface area contributed by atoms with Gasteiger partial charge in [0.1, 0.15) is 5.82 Å². The molecule has 6 rings (SSSR count). The van der Waals surface area contributed by atoms with Crippen LogP contribution in [0.4, 0.5) is 20.4 Å². The predicted octanol–water partition coefficient (Wildman–Crippen LogP) is 3.20. The van der Waals surface area contributed by atoms with Crippen molar-refractivity contribution < 1.29 is 13.5 Å². The van der Waals surface area contributed by atoms with Gasteiger partial charge in [0.15, 0.2) is 17.5 Å². The number of hydrogen-bond acceptors (Lipinski definition) is 6. The Morgan fingerprint density at radius 3 is 2.75 bits per heavy atom. The Morgan fingerprint density at radius 2 is 1.96 bits per heavy atom. The van der Waals surface area contributed by atoms with Crippen molar-refractivity contribution in [2.45, 2.75) is 32.1 Å². The largest absolute Gasteiger partial charge is 0.371 e. The molecule has 1 N–H and O–H groups in total. The third kappa shape index (κ3) is 2.93. The zero-order chi connectivity index (χ0) is 19.3. The molecular formula is C20H19F2N5O. The number of pyridine rings is 1. The number of aryl methyl sites for hydroxylation is 1.